The lowest BCUT2D eigenvalue weighted by Crippen LogP contribution is -2.37. The van der Waals surface area contributed by atoms with E-state index in [0.717, 1.165) is 11.3 Å². The van der Waals surface area contributed by atoms with Crippen LogP contribution in [0.3, 0.4) is 0 Å². The van der Waals surface area contributed by atoms with E-state index in [1.54, 1.807) is 4.90 Å². The Kier molecular flexibility index (Phi) is 3.43. The maximum absolute atomic E-state index is 12.1. The number of aryl methyl sites for hydroxylation is 1. The van der Waals surface area contributed by atoms with Gasteiger partial charge >= 0.3 is 0 Å². The Morgan fingerprint density at radius 1 is 1.43 bits per heavy atom. The SMILES string of the molecule is Cc1cccc(N2C[C@@H](NC(=O)c3ccno3)CC2=O)c1. The van der Waals surface area contributed by atoms with Crippen molar-refractivity contribution in [2.45, 2.75) is 19.4 Å². The minimum absolute atomic E-state index is 0.00321. The second kappa shape index (κ2) is 5.40. The number of carbonyl (C=O) groups is 2. The summed E-state index contributed by atoms with van der Waals surface area (Å²) in [7, 11) is 0. The molecule has 1 atom stereocenters. The first-order valence-electron chi connectivity index (χ1n) is 6.72. The molecule has 1 aliphatic heterocycles. The van der Waals surface area contributed by atoms with Crippen molar-refractivity contribution in [3.63, 3.8) is 0 Å². The number of carbonyl (C=O) groups excluding carboxylic acids is 2. The topological polar surface area (TPSA) is 75.4 Å². The molecule has 2 amide bonds. The summed E-state index contributed by atoms with van der Waals surface area (Å²) in [5, 5.41) is 6.28. The lowest BCUT2D eigenvalue weighted by Gasteiger charge is -2.17. The summed E-state index contributed by atoms with van der Waals surface area (Å²) in [6.45, 7) is 2.44. The molecule has 6 heteroatoms. The van der Waals surface area contributed by atoms with Crippen LogP contribution in [0.4, 0.5) is 5.69 Å². The summed E-state index contributed by atoms with van der Waals surface area (Å²) in [5.41, 5.74) is 1.95. The molecule has 0 bridgehead atoms. The fourth-order valence-electron chi connectivity index (χ4n) is 2.44. The Balaban J connectivity index is 1.69. The number of aromatic nitrogens is 1. The molecule has 21 heavy (non-hydrogen) atoms. The van der Waals surface area contributed by atoms with Gasteiger partial charge in [0.25, 0.3) is 5.91 Å². The van der Waals surface area contributed by atoms with Gasteiger partial charge in [-0.05, 0) is 24.6 Å². The first kappa shape index (κ1) is 13.4. The molecule has 1 aliphatic rings. The smallest absolute Gasteiger partial charge is 0.290 e. The number of benzene rings is 1. The first-order valence-corrected chi connectivity index (χ1v) is 6.72. The minimum atomic E-state index is -0.351. The van der Waals surface area contributed by atoms with E-state index in [2.05, 4.69) is 10.5 Å². The molecule has 3 rings (SSSR count). The van der Waals surface area contributed by atoms with Gasteiger partial charge in [0, 0.05) is 24.7 Å². The van der Waals surface area contributed by atoms with Gasteiger partial charge in [-0.2, -0.15) is 0 Å². The summed E-state index contributed by atoms with van der Waals surface area (Å²) in [4.78, 5) is 25.7. The Morgan fingerprint density at radius 2 is 2.29 bits per heavy atom. The molecule has 1 aromatic heterocycles. The third-order valence-corrected chi connectivity index (χ3v) is 3.44. The lowest BCUT2D eigenvalue weighted by molar-refractivity contribution is -0.117. The van der Waals surface area contributed by atoms with Gasteiger partial charge in [-0.15, -0.1) is 0 Å². The van der Waals surface area contributed by atoms with Gasteiger partial charge in [-0.3, -0.25) is 9.59 Å². The molecule has 0 spiro atoms. The number of nitrogens with zero attached hydrogens (tertiary/aromatic N) is 2. The van der Waals surface area contributed by atoms with E-state index in [1.807, 2.05) is 31.2 Å². The zero-order valence-electron chi connectivity index (χ0n) is 11.6. The molecule has 0 saturated carbocycles. The van der Waals surface area contributed by atoms with Gasteiger partial charge in [0.2, 0.25) is 11.7 Å². The number of hydrogen-bond donors (Lipinski definition) is 1. The Morgan fingerprint density at radius 3 is 3.00 bits per heavy atom. The van der Waals surface area contributed by atoms with Crippen molar-refractivity contribution in [1.29, 1.82) is 0 Å². The molecule has 2 aromatic rings. The summed E-state index contributed by atoms with van der Waals surface area (Å²) < 4.78 is 4.80. The Labute approximate surface area is 121 Å². The van der Waals surface area contributed by atoms with Crippen LogP contribution in [0.5, 0.6) is 0 Å². The van der Waals surface area contributed by atoms with E-state index >= 15 is 0 Å². The largest absolute Gasteiger partial charge is 0.351 e. The first-order chi connectivity index (χ1) is 10.1. The normalized spacial score (nSPS) is 18.0. The molecule has 6 nitrogen and oxygen atoms in total. The molecule has 0 unspecified atom stereocenters. The maximum Gasteiger partial charge on any atom is 0.290 e. The van der Waals surface area contributed by atoms with Crippen molar-refractivity contribution < 1.29 is 14.1 Å². The van der Waals surface area contributed by atoms with E-state index in [9.17, 15) is 9.59 Å². The molecule has 2 heterocycles. The van der Waals surface area contributed by atoms with E-state index in [-0.39, 0.29) is 30.0 Å². The van der Waals surface area contributed by atoms with E-state index < -0.39 is 0 Å². The van der Waals surface area contributed by atoms with Gasteiger partial charge in [0.05, 0.1) is 12.2 Å². The zero-order valence-corrected chi connectivity index (χ0v) is 11.6. The van der Waals surface area contributed by atoms with Crippen molar-refractivity contribution in [2.75, 3.05) is 11.4 Å². The molecule has 0 aliphatic carbocycles. The Hall–Kier alpha value is -2.63. The average molecular weight is 285 g/mol. The molecule has 1 saturated heterocycles. The molecular formula is C15H15N3O3. The van der Waals surface area contributed by atoms with Crippen molar-refractivity contribution in [1.82, 2.24) is 10.5 Å². The highest BCUT2D eigenvalue weighted by molar-refractivity contribution is 5.98. The molecule has 1 N–H and O–H groups in total. The van der Waals surface area contributed by atoms with Crippen LogP contribution in [0, 0.1) is 6.92 Å². The van der Waals surface area contributed by atoms with Crippen LogP contribution < -0.4 is 10.2 Å². The van der Waals surface area contributed by atoms with Crippen LogP contribution >= 0.6 is 0 Å². The third-order valence-electron chi connectivity index (χ3n) is 3.44. The monoisotopic (exact) mass is 285 g/mol. The average Bonchev–Trinajstić information content (AvgIpc) is 3.08. The lowest BCUT2D eigenvalue weighted by atomic mass is 10.2. The summed E-state index contributed by atoms with van der Waals surface area (Å²) in [5.74, 6) is -0.198. The van der Waals surface area contributed by atoms with Gasteiger partial charge in [0.15, 0.2) is 0 Å². The maximum atomic E-state index is 12.1. The molecule has 0 radical (unpaired) electrons. The van der Waals surface area contributed by atoms with Crippen molar-refractivity contribution in [2.24, 2.45) is 0 Å². The van der Waals surface area contributed by atoms with Crippen LogP contribution in [-0.2, 0) is 4.79 Å². The molecule has 1 aromatic carbocycles. The van der Waals surface area contributed by atoms with Gasteiger partial charge in [0.1, 0.15) is 0 Å². The highest BCUT2D eigenvalue weighted by Crippen LogP contribution is 2.22. The third kappa shape index (κ3) is 2.79. The quantitative estimate of drug-likeness (QED) is 0.927. The predicted octanol–water partition coefficient (Wildman–Crippen LogP) is 1.52. The zero-order chi connectivity index (χ0) is 14.8. The van der Waals surface area contributed by atoms with Gasteiger partial charge in [-0.1, -0.05) is 17.3 Å². The fraction of sp³-hybridized carbons (Fsp3) is 0.267. The van der Waals surface area contributed by atoms with Crippen molar-refractivity contribution in [3.8, 4) is 0 Å². The number of hydrogen-bond acceptors (Lipinski definition) is 4. The van der Waals surface area contributed by atoms with Crippen LogP contribution in [-0.4, -0.2) is 29.6 Å². The summed E-state index contributed by atoms with van der Waals surface area (Å²) in [6.07, 6.45) is 1.70. The molecular weight excluding hydrogens is 270 g/mol. The van der Waals surface area contributed by atoms with Crippen molar-refractivity contribution >= 4 is 17.5 Å². The van der Waals surface area contributed by atoms with E-state index in [0.29, 0.717) is 6.54 Å². The van der Waals surface area contributed by atoms with Crippen LogP contribution in [0.25, 0.3) is 0 Å². The Bertz CT molecular complexity index is 667. The summed E-state index contributed by atoms with van der Waals surface area (Å²) >= 11 is 0. The fourth-order valence-corrected chi connectivity index (χ4v) is 2.44. The van der Waals surface area contributed by atoms with Crippen LogP contribution in [0.15, 0.2) is 41.1 Å². The second-order valence-corrected chi connectivity index (χ2v) is 5.09. The number of nitrogens with one attached hydrogen (secondary N) is 1. The van der Waals surface area contributed by atoms with Gasteiger partial charge < -0.3 is 14.7 Å². The van der Waals surface area contributed by atoms with Crippen LogP contribution in [0.1, 0.15) is 22.5 Å². The second-order valence-electron chi connectivity index (χ2n) is 5.09. The number of amides is 2. The highest BCUT2D eigenvalue weighted by Gasteiger charge is 2.32. The predicted molar refractivity (Wildman–Crippen MR) is 75.9 cm³/mol. The van der Waals surface area contributed by atoms with Crippen molar-refractivity contribution in [3.05, 3.63) is 47.9 Å². The van der Waals surface area contributed by atoms with E-state index in [1.165, 1.54) is 12.3 Å². The highest BCUT2D eigenvalue weighted by atomic mass is 16.5. The van der Waals surface area contributed by atoms with Gasteiger partial charge in [-0.25, -0.2) is 0 Å². The number of anilines is 1. The summed E-state index contributed by atoms with van der Waals surface area (Å²) in [6, 6.07) is 9.01. The molecule has 1 fully saturated rings. The van der Waals surface area contributed by atoms with E-state index in [4.69, 9.17) is 4.52 Å². The minimum Gasteiger partial charge on any atom is -0.351 e. The molecule has 108 valence electrons. The van der Waals surface area contributed by atoms with Crippen LogP contribution in [0.2, 0.25) is 0 Å². The number of rotatable bonds is 3. The standard InChI is InChI=1S/C15H15N3O3/c1-10-3-2-4-12(7-10)18-9-11(8-14(18)19)17-15(20)13-5-6-16-21-13/h2-7,11H,8-9H2,1H3,(H,17,20)/t11-/m0/s1.